The van der Waals surface area contributed by atoms with Crippen molar-refractivity contribution in [3.05, 3.63) is 59.5 Å². The minimum absolute atomic E-state index is 0.364. The zero-order valence-electron chi connectivity index (χ0n) is 15.6. The molecule has 29 heavy (non-hydrogen) atoms. The van der Waals surface area contributed by atoms with E-state index in [9.17, 15) is 5.26 Å². The van der Waals surface area contributed by atoms with Crippen LogP contribution in [0.4, 0.5) is 17.5 Å². The molecule has 0 atom stereocenters. The zero-order chi connectivity index (χ0) is 20.5. The normalized spacial score (nSPS) is 10.0. The molecule has 0 aliphatic carbocycles. The van der Waals surface area contributed by atoms with Gasteiger partial charge in [-0.05, 0) is 18.1 Å². The van der Waals surface area contributed by atoms with E-state index in [1.807, 2.05) is 24.4 Å². The molecule has 0 unspecified atom stereocenters. The number of unbranched alkanes of at least 4 members (excludes halogenated alkanes) is 1. The Morgan fingerprint density at radius 2 is 2.07 bits per heavy atom. The Labute approximate surface area is 168 Å². The van der Waals surface area contributed by atoms with Gasteiger partial charge in [-0.2, -0.15) is 20.6 Å². The molecule has 3 aromatic rings. The fourth-order valence-corrected chi connectivity index (χ4v) is 2.66. The van der Waals surface area contributed by atoms with E-state index in [2.05, 4.69) is 37.8 Å². The molecule has 0 saturated carbocycles. The number of rotatable bonds is 9. The average Bonchev–Trinajstić information content (AvgIpc) is 3.20. The van der Waals surface area contributed by atoms with Crippen LogP contribution in [0.5, 0.6) is 0 Å². The number of nitrogens with zero attached hydrogens (tertiary/aromatic N) is 6. The van der Waals surface area contributed by atoms with Gasteiger partial charge in [0.1, 0.15) is 5.82 Å². The van der Waals surface area contributed by atoms with Gasteiger partial charge in [-0.1, -0.05) is 18.2 Å². The van der Waals surface area contributed by atoms with E-state index in [1.165, 1.54) is 6.21 Å². The van der Waals surface area contributed by atoms with E-state index in [1.54, 1.807) is 23.1 Å². The lowest BCUT2D eigenvalue weighted by atomic mass is 10.1. The molecule has 9 nitrogen and oxygen atoms in total. The zero-order valence-corrected chi connectivity index (χ0v) is 15.6. The minimum atomic E-state index is 0.364. The van der Waals surface area contributed by atoms with Crippen LogP contribution in [0.25, 0.3) is 0 Å². The van der Waals surface area contributed by atoms with E-state index >= 15 is 0 Å². The molecule has 0 aliphatic heterocycles. The maximum Gasteiger partial charge on any atom is 0.229 e. The van der Waals surface area contributed by atoms with Crippen molar-refractivity contribution in [2.24, 2.45) is 0 Å². The Balaban J connectivity index is 1.71. The molecule has 3 rings (SSSR count). The number of benzene rings is 1. The molecule has 0 amide bonds. The minimum Gasteiger partial charge on any atom is -0.365 e. The van der Waals surface area contributed by atoms with Crippen molar-refractivity contribution >= 4 is 23.7 Å². The summed E-state index contributed by atoms with van der Waals surface area (Å²) in [7, 11) is 0. The van der Waals surface area contributed by atoms with Gasteiger partial charge in [0.2, 0.25) is 5.95 Å². The Morgan fingerprint density at radius 1 is 1.21 bits per heavy atom. The summed E-state index contributed by atoms with van der Waals surface area (Å²) in [6, 6.07) is 11.6. The standard InChI is InChI=1S/C20H19N9/c21-7-3-4-8-29-14-18(13-26-29)27-20-25-12-17(10-23)19(28-20)24-11-16-6-2-1-5-15(16)9-22/h1-2,5-6,10,12-14,23H,3-4,8,11H2,(H2,24,25,27,28). The van der Waals surface area contributed by atoms with E-state index in [0.717, 1.165) is 17.7 Å². The average molecular weight is 385 g/mol. The van der Waals surface area contributed by atoms with Crippen LogP contribution < -0.4 is 10.6 Å². The highest BCUT2D eigenvalue weighted by Gasteiger charge is 2.08. The second kappa shape index (κ2) is 9.62. The van der Waals surface area contributed by atoms with Gasteiger partial charge in [-0.3, -0.25) is 4.68 Å². The molecule has 0 spiro atoms. The van der Waals surface area contributed by atoms with Crippen molar-refractivity contribution < 1.29 is 0 Å². The van der Waals surface area contributed by atoms with Crippen molar-refractivity contribution in [1.29, 1.82) is 15.9 Å². The van der Waals surface area contributed by atoms with Crippen molar-refractivity contribution in [3.8, 4) is 12.1 Å². The molecule has 0 radical (unpaired) electrons. The third-order valence-corrected chi connectivity index (χ3v) is 4.12. The van der Waals surface area contributed by atoms with E-state index in [4.69, 9.17) is 10.7 Å². The van der Waals surface area contributed by atoms with E-state index in [0.29, 0.717) is 42.4 Å². The molecule has 3 N–H and O–H groups in total. The molecule has 2 aromatic heterocycles. The number of nitrogens with one attached hydrogen (secondary N) is 3. The highest BCUT2D eigenvalue weighted by molar-refractivity contribution is 5.84. The lowest BCUT2D eigenvalue weighted by Gasteiger charge is -2.11. The summed E-state index contributed by atoms with van der Waals surface area (Å²) in [6.07, 6.45) is 7.44. The van der Waals surface area contributed by atoms with E-state index < -0.39 is 0 Å². The molecule has 0 bridgehead atoms. The SMILES string of the molecule is N#CCCCn1cc(Nc2ncc(C=N)c(NCc3ccccc3C#N)n2)cn1. The summed E-state index contributed by atoms with van der Waals surface area (Å²) < 4.78 is 1.75. The third kappa shape index (κ3) is 5.15. The second-order valence-corrected chi connectivity index (χ2v) is 6.14. The molecule has 0 saturated heterocycles. The topological polar surface area (TPSA) is 139 Å². The van der Waals surface area contributed by atoms with Gasteiger partial charge in [-0.25, -0.2) is 4.98 Å². The van der Waals surface area contributed by atoms with E-state index in [-0.39, 0.29) is 0 Å². The van der Waals surface area contributed by atoms with Crippen molar-refractivity contribution in [1.82, 2.24) is 19.7 Å². The summed E-state index contributed by atoms with van der Waals surface area (Å²) >= 11 is 0. The number of nitriles is 2. The number of aryl methyl sites for hydroxylation is 1. The number of hydrogen-bond donors (Lipinski definition) is 3. The molecule has 0 fully saturated rings. The number of hydrogen-bond acceptors (Lipinski definition) is 8. The predicted octanol–water partition coefficient (Wildman–Crippen LogP) is 3.20. The fourth-order valence-electron chi connectivity index (χ4n) is 2.66. The predicted molar refractivity (Wildman–Crippen MR) is 109 cm³/mol. The van der Waals surface area contributed by atoms with Crippen molar-refractivity contribution in [3.63, 3.8) is 0 Å². The first-order chi connectivity index (χ1) is 14.2. The van der Waals surface area contributed by atoms with Crippen molar-refractivity contribution in [2.75, 3.05) is 10.6 Å². The lowest BCUT2D eigenvalue weighted by molar-refractivity contribution is 0.586. The summed E-state index contributed by atoms with van der Waals surface area (Å²) in [5.41, 5.74) is 2.70. The molecular weight excluding hydrogens is 366 g/mol. The van der Waals surface area contributed by atoms with Crippen LogP contribution in [0.15, 0.2) is 42.9 Å². The lowest BCUT2D eigenvalue weighted by Crippen LogP contribution is -2.08. The number of aromatic nitrogens is 4. The van der Waals surface area contributed by atoms with Crippen LogP contribution in [0.1, 0.15) is 29.5 Å². The first-order valence-corrected chi connectivity index (χ1v) is 8.99. The highest BCUT2D eigenvalue weighted by atomic mass is 15.3. The monoisotopic (exact) mass is 385 g/mol. The van der Waals surface area contributed by atoms with Gasteiger partial charge in [0.15, 0.2) is 0 Å². The molecular formula is C20H19N9. The Kier molecular flexibility index (Phi) is 6.48. The van der Waals surface area contributed by atoms with Crippen LogP contribution >= 0.6 is 0 Å². The largest absolute Gasteiger partial charge is 0.365 e. The van der Waals surface area contributed by atoms with Crippen LogP contribution in [0.3, 0.4) is 0 Å². The summed E-state index contributed by atoms with van der Waals surface area (Å²) in [5.74, 6) is 0.856. The van der Waals surface area contributed by atoms with Crippen LogP contribution in [-0.4, -0.2) is 26.0 Å². The van der Waals surface area contributed by atoms with Crippen LogP contribution in [-0.2, 0) is 13.1 Å². The van der Waals surface area contributed by atoms with Gasteiger partial charge in [0.25, 0.3) is 0 Å². The molecule has 1 aromatic carbocycles. The van der Waals surface area contributed by atoms with Crippen LogP contribution in [0.2, 0.25) is 0 Å². The van der Waals surface area contributed by atoms with Gasteiger partial charge in [-0.15, -0.1) is 0 Å². The molecule has 144 valence electrons. The Morgan fingerprint density at radius 3 is 2.86 bits per heavy atom. The molecule has 9 heteroatoms. The summed E-state index contributed by atoms with van der Waals surface area (Å²) in [5, 5.41) is 35.9. The summed E-state index contributed by atoms with van der Waals surface area (Å²) in [6.45, 7) is 1.06. The second-order valence-electron chi connectivity index (χ2n) is 6.14. The Bertz CT molecular complexity index is 1070. The van der Waals surface area contributed by atoms with Gasteiger partial charge in [0.05, 0.1) is 35.1 Å². The highest BCUT2D eigenvalue weighted by Crippen LogP contribution is 2.18. The Hall–Kier alpha value is -4.24. The summed E-state index contributed by atoms with van der Waals surface area (Å²) in [4.78, 5) is 8.68. The molecule has 0 aliphatic rings. The quantitative estimate of drug-likeness (QED) is 0.379. The van der Waals surface area contributed by atoms with Gasteiger partial charge in [0, 0.05) is 38.1 Å². The number of anilines is 3. The third-order valence-electron chi connectivity index (χ3n) is 4.12. The first kappa shape index (κ1) is 19.5. The first-order valence-electron chi connectivity index (χ1n) is 8.99. The van der Waals surface area contributed by atoms with Crippen molar-refractivity contribution in [2.45, 2.75) is 25.9 Å². The van der Waals surface area contributed by atoms with Gasteiger partial charge < -0.3 is 16.0 Å². The molecule has 2 heterocycles. The van der Waals surface area contributed by atoms with Crippen LogP contribution in [0, 0.1) is 28.1 Å². The smallest absolute Gasteiger partial charge is 0.229 e. The maximum absolute atomic E-state index is 9.22. The maximum atomic E-state index is 9.22. The fraction of sp³-hybridized carbons (Fsp3) is 0.200. The van der Waals surface area contributed by atoms with Gasteiger partial charge >= 0.3 is 0 Å².